The number of hydrogen-bond donors (Lipinski definition) is 2. The molecule has 7 nitrogen and oxygen atoms in total. The molecule has 130 valence electrons. The van der Waals surface area contributed by atoms with Gasteiger partial charge in [0.15, 0.2) is 0 Å². The Bertz CT molecular complexity index is 1030. The van der Waals surface area contributed by atoms with Crippen LogP contribution in [0.25, 0.3) is 10.9 Å². The van der Waals surface area contributed by atoms with Gasteiger partial charge in [0, 0.05) is 40.8 Å². The molecule has 0 fully saturated rings. The Balaban J connectivity index is 1.69. The first kappa shape index (κ1) is 17.4. The van der Waals surface area contributed by atoms with Crippen LogP contribution in [0.3, 0.4) is 0 Å². The molecule has 1 heterocycles. The highest BCUT2D eigenvalue weighted by molar-refractivity contribution is 7.89. The van der Waals surface area contributed by atoms with Crippen LogP contribution < -0.4 is 4.72 Å². The van der Waals surface area contributed by atoms with Crippen molar-refractivity contribution in [3.63, 3.8) is 0 Å². The molecule has 1 aromatic heterocycles. The minimum atomic E-state index is -3.73. The van der Waals surface area contributed by atoms with Crippen molar-refractivity contribution in [1.82, 2.24) is 9.71 Å². The largest absolute Gasteiger partial charge is 0.361 e. The molecule has 0 bridgehead atoms. The summed E-state index contributed by atoms with van der Waals surface area (Å²) in [6.07, 6.45) is 2.30. The van der Waals surface area contributed by atoms with Gasteiger partial charge in [-0.1, -0.05) is 11.6 Å². The third-order valence-electron chi connectivity index (χ3n) is 3.77. The van der Waals surface area contributed by atoms with E-state index in [4.69, 9.17) is 11.6 Å². The molecule has 0 amide bonds. The van der Waals surface area contributed by atoms with Crippen molar-refractivity contribution < 1.29 is 13.3 Å². The Kier molecular flexibility index (Phi) is 4.76. The standard InChI is InChI=1S/C16H14ClN3O4S/c17-12-1-6-16-15(9-12)11(10-18-16)7-8-19-25(23,24)14-4-2-13(3-5-14)20(21)22/h1-6,9-10,18-19H,7-8H2. The Hall–Kier alpha value is -2.42. The minimum absolute atomic E-state index is 0.0138. The normalized spacial score (nSPS) is 11.7. The summed E-state index contributed by atoms with van der Waals surface area (Å²) in [5.74, 6) is 0. The lowest BCUT2D eigenvalue weighted by Gasteiger charge is -2.06. The Morgan fingerprint density at radius 3 is 2.56 bits per heavy atom. The third-order valence-corrected chi connectivity index (χ3v) is 5.49. The molecule has 3 rings (SSSR count). The van der Waals surface area contributed by atoms with Gasteiger partial charge in [0.05, 0.1) is 9.82 Å². The number of hydrogen-bond acceptors (Lipinski definition) is 4. The van der Waals surface area contributed by atoms with Gasteiger partial charge in [-0.25, -0.2) is 13.1 Å². The predicted octanol–water partition coefficient (Wildman–Crippen LogP) is 3.25. The predicted molar refractivity (Wildman–Crippen MR) is 95.3 cm³/mol. The van der Waals surface area contributed by atoms with Crippen molar-refractivity contribution in [3.8, 4) is 0 Å². The van der Waals surface area contributed by atoms with Crippen LogP contribution in [0.4, 0.5) is 5.69 Å². The van der Waals surface area contributed by atoms with Gasteiger partial charge in [0.1, 0.15) is 0 Å². The van der Waals surface area contributed by atoms with Gasteiger partial charge in [-0.15, -0.1) is 0 Å². The highest BCUT2D eigenvalue weighted by atomic mass is 35.5. The molecule has 0 radical (unpaired) electrons. The Labute approximate surface area is 148 Å². The van der Waals surface area contributed by atoms with E-state index in [0.717, 1.165) is 28.6 Å². The zero-order valence-corrected chi connectivity index (χ0v) is 14.5. The molecular weight excluding hydrogens is 366 g/mol. The summed E-state index contributed by atoms with van der Waals surface area (Å²) < 4.78 is 27.0. The summed E-state index contributed by atoms with van der Waals surface area (Å²) in [5.41, 5.74) is 1.72. The first-order valence-corrected chi connectivity index (χ1v) is 9.22. The van der Waals surface area contributed by atoms with E-state index in [-0.39, 0.29) is 17.1 Å². The lowest BCUT2D eigenvalue weighted by molar-refractivity contribution is -0.384. The first-order valence-electron chi connectivity index (χ1n) is 7.36. The van der Waals surface area contributed by atoms with E-state index in [1.54, 1.807) is 6.07 Å². The fourth-order valence-corrected chi connectivity index (χ4v) is 3.71. The molecule has 25 heavy (non-hydrogen) atoms. The first-order chi connectivity index (χ1) is 11.9. The summed E-state index contributed by atoms with van der Waals surface area (Å²) in [7, 11) is -3.73. The second kappa shape index (κ2) is 6.83. The van der Waals surface area contributed by atoms with Crippen LogP contribution in [-0.2, 0) is 16.4 Å². The SMILES string of the molecule is O=[N+]([O-])c1ccc(S(=O)(=O)NCCc2c[nH]c3ccc(Cl)cc23)cc1. The number of non-ortho nitro benzene ring substituents is 1. The Morgan fingerprint density at radius 1 is 1.16 bits per heavy atom. The van der Waals surface area contributed by atoms with E-state index < -0.39 is 14.9 Å². The lowest BCUT2D eigenvalue weighted by atomic mass is 10.1. The summed E-state index contributed by atoms with van der Waals surface area (Å²) in [6, 6.07) is 10.2. The zero-order chi connectivity index (χ0) is 18.0. The van der Waals surface area contributed by atoms with Crippen LogP contribution in [0.2, 0.25) is 5.02 Å². The quantitative estimate of drug-likeness (QED) is 0.506. The molecule has 2 N–H and O–H groups in total. The zero-order valence-electron chi connectivity index (χ0n) is 12.9. The highest BCUT2D eigenvalue weighted by Crippen LogP contribution is 2.22. The summed E-state index contributed by atoms with van der Waals surface area (Å²) in [4.78, 5) is 13.1. The number of nitro groups is 1. The van der Waals surface area contributed by atoms with Crippen molar-refractivity contribution >= 4 is 38.2 Å². The molecule has 9 heteroatoms. The average molecular weight is 380 g/mol. The number of rotatable bonds is 6. The van der Waals surface area contributed by atoms with Crippen LogP contribution >= 0.6 is 11.6 Å². The van der Waals surface area contributed by atoms with Crippen molar-refractivity contribution in [2.75, 3.05) is 6.54 Å². The maximum absolute atomic E-state index is 12.2. The van der Waals surface area contributed by atoms with Gasteiger partial charge in [-0.2, -0.15) is 0 Å². The number of fused-ring (bicyclic) bond motifs is 1. The summed E-state index contributed by atoms with van der Waals surface area (Å²) in [6.45, 7) is 0.193. The molecule has 0 aliphatic carbocycles. The number of nitrogens with zero attached hydrogens (tertiary/aromatic N) is 1. The molecule has 3 aromatic rings. The molecule has 2 aromatic carbocycles. The molecule has 0 aliphatic rings. The monoisotopic (exact) mass is 379 g/mol. The molecular formula is C16H14ClN3O4S. The fourth-order valence-electron chi connectivity index (χ4n) is 2.51. The van der Waals surface area contributed by atoms with E-state index in [2.05, 4.69) is 9.71 Å². The Morgan fingerprint density at radius 2 is 1.88 bits per heavy atom. The van der Waals surface area contributed by atoms with Crippen LogP contribution in [0, 0.1) is 10.1 Å². The number of sulfonamides is 1. The van der Waals surface area contributed by atoms with Crippen LogP contribution in [0.15, 0.2) is 53.6 Å². The minimum Gasteiger partial charge on any atom is -0.361 e. The van der Waals surface area contributed by atoms with Crippen LogP contribution in [0.5, 0.6) is 0 Å². The second-order valence-electron chi connectivity index (χ2n) is 5.40. The lowest BCUT2D eigenvalue weighted by Crippen LogP contribution is -2.25. The van der Waals surface area contributed by atoms with Gasteiger partial charge in [-0.3, -0.25) is 10.1 Å². The maximum atomic E-state index is 12.2. The molecule has 0 aliphatic heterocycles. The molecule has 0 unspecified atom stereocenters. The second-order valence-corrected chi connectivity index (χ2v) is 7.61. The van der Waals surface area contributed by atoms with Crippen molar-refractivity contribution in [1.29, 1.82) is 0 Å². The van der Waals surface area contributed by atoms with Crippen molar-refractivity contribution in [2.45, 2.75) is 11.3 Å². The number of aromatic nitrogens is 1. The smallest absolute Gasteiger partial charge is 0.269 e. The third kappa shape index (κ3) is 3.81. The average Bonchev–Trinajstić information content (AvgIpc) is 2.97. The maximum Gasteiger partial charge on any atom is 0.269 e. The molecule has 0 spiro atoms. The summed E-state index contributed by atoms with van der Waals surface area (Å²) in [5, 5.41) is 12.2. The van der Waals surface area contributed by atoms with E-state index in [1.165, 1.54) is 12.1 Å². The van der Waals surface area contributed by atoms with Crippen molar-refractivity contribution in [2.24, 2.45) is 0 Å². The number of aromatic amines is 1. The topological polar surface area (TPSA) is 105 Å². The van der Waals surface area contributed by atoms with Gasteiger partial charge in [0.2, 0.25) is 10.0 Å². The van der Waals surface area contributed by atoms with E-state index in [9.17, 15) is 18.5 Å². The van der Waals surface area contributed by atoms with Gasteiger partial charge >= 0.3 is 0 Å². The number of H-pyrrole nitrogens is 1. The number of halogens is 1. The van der Waals surface area contributed by atoms with E-state index in [0.29, 0.717) is 11.4 Å². The van der Waals surface area contributed by atoms with E-state index in [1.807, 2.05) is 18.3 Å². The van der Waals surface area contributed by atoms with Gasteiger partial charge < -0.3 is 4.98 Å². The molecule has 0 atom stereocenters. The number of nitro benzene ring substituents is 1. The molecule has 0 saturated carbocycles. The van der Waals surface area contributed by atoms with E-state index >= 15 is 0 Å². The summed E-state index contributed by atoms with van der Waals surface area (Å²) >= 11 is 6.00. The van der Waals surface area contributed by atoms with Crippen LogP contribution in [-0.4, -0.2) is 24.9 Å². The van der Waals surface area contributed by atoms with Crippen molar-refractivity contribution in [3.05, 3.63) is 69.4 Å². The van der Waals surface area contributed by atoms with Crippen LogP contribution in [0.1, 0.15) is 5.56 Å². The fraction of sp³-hybridized carbons (Fsp3) is 0.125. The number of benzene rings is 2. The highest BCUT2D eigenvalue weighted by Gasteiger charge is 2.15. The molecule has 0 saturated heterocycles. The van der Waals surface area contributed by atoms with Gasteiger partial charge in [-0.05, 0) is 42.3 Å². The number of nitrogens with one attached hydrogen (secondary N) is 2. The van der Waals surface area contributed by atoms with Gasteiger partial charge in [0.25, 0.3) is 5.69 Å².